The zero-order valence-electron chi connectivity index (χ0n) is 9.50. The molecule has 1 aromatic heterocycles. The smallest absolute Gasteiger partial charge is 0.342 e. The summed E-state index contributed by atoms with van der Waals surface area (Å²) in [6, 6.07) is 0. The van der Waals surface area contributed by atoms with E-state index in [1.807, 2.05) is 0 Å². The Morgan fingerprint density at radius 2 is 2.44 bits per heavy atom. The van der Waals surface area contributed by atoms with Crippen LogP contribution in [-0.2, 0) is 11.2 Å². The number of nitrogen functional groups attached to an aromatic ring is 1. The van der Waals surface area contributed by atoms with Crippen LogP contribution in [0.3, 0.4) is 0 Å². The Balaban J connectivity index is 2.36. The van der Waals surface area contributed by atoms with Gasteiger partial charge in [0.25, 0.3) is 0 Å². The number of methoxy groups -OCH3 is 1. The second kappa shape index (κ2) is 4.33. The van der Waals surface area contributed by atoms with E-state index in [1.54, 1.807) is 0 Å². The molecular weight excluding hydrogens is 224 g/mol. The Labute approximate surface area is 98.8 Å². The van der Waals surface area contributed by atoms with Gasteiger partial charge in [0.05, 0.1) is 12.8 Å². The van der Waals surface area contributed by atoms with Crippen LogP contribution in [0.4, 0.5) is 10.7 Å². The molecular formula is C11H16N2O2S. The molecule has 0 bridgehead atoms. The average Bonchev–Trinajstić information content (AvgIpc) is 2.62. The predicted octanol–water partition coefficient (Wildman–Crippen LogP) is 2.11. The lowest BCUT2D eigenvalue weighted by atomic mass is 9.96. The molecule has 0 saturated carbocycles. The van der Waals surface area contributed by atoms with E-state index < -0.39 is 0 Å². The van der Waals surface area contributed by atoms with Gasteiger partial charge in [0.1, 0.15) is 10.6 Å². The molecule has 1 unspecified atom stereocenters. The summed E-state index contributed by atoms with van der Waals surface area (Å²) in [4.78, 5) is 12.8. The molecule has 16 heavy (non-hydrogen) atoms. The van der Waals surface area contributed by atoms with Gasteiger partial charge in [0.2, 0.25) is 0 Å². The topological polar surface area (TPSA) is 64.3 Å². The number of carbonyl (C=O) groups is 1. The number of carbonyl (C=O) groups excluding carboxylic acids is 1. The Morgan fingerprint density at radius 3 is 3.06 bits per heavy atom. The van der Waals surface area contributed by atoms with Crippen LogP contribution in [0.25, 0.3) is 0 Å². The molecule has 1 aliphatic heterocycles. The minimum absolute atomic E-state index is 0.350. The molecule has 5 heteroatoms. The number of nitrogens with two attached hydrogens (primary N) is 1. The normalized spacial score (nSPS) is 18.8. The van der Waals surface area contributed by atoms with Gasteiger partial charge in [-0.25, -0.2) is 4.79 Å². The highest BCUT2D eigenvalue weighted by Gasteiger charge is 2.27. The molecule has 0 fully saturated rings. The van der Waals surface area contributed by atoms with Crippen LogP contribution >= 0.6 is 11.3 Å². The summed E-state index contributed by atoms with van der Waals surface area (Å²) in [6.07, 6.45) is 2.14. The summed E-state index contributed by atoms with van der Waals surface area (Å²) in [6.45, 7) is 3.08. The first-order valence-electron chi connectivity index (χ1n) is 5.40. The molecule has 0 spiro atoms. The predicted molar refractivity (Wildman–Crippen MR) is 66.0 cm³/mol. The van der Waals surface area contributed by atoms with Crippen LogP contribution in [0.2, 0.25) is 0 Å². The molecule has 0 amide bonds. The van der Waals surface area contributed by atoms with Crippen LogP contribution in [0.1, 0.15) is 28.6 Å². The number of thiophene rings is 1. The fourth-order valence-electron chi connectivity index (χ4n) is 2.00. The van der Waals surface area contributed by atoms with Crippen LogP contribution in [0, 0.1) is 5.92 Å². The lowest BCUT2D eigenvalue weighted by Gasteiger charge is -2.22. The first-order chi connectivity index (χ1) is 7.67. The van der Waals surface area contributed by atoms with E-state index in [0.29, 0.717) is 16.5 Å². The van der Waals surface area contributed by atoms with E-state index in [9.17, 15) is 4.79 Å². The summed E-state index contributed by atoms with van der Waals surface area (Å²) < 4.78 is 4.74. The highest BCUT2D eigenvalue weighted by Crippen LogP contribution is 2.40. The van der Waals surface area contributed by atoms with Gasteiger partial charge in [-0.05, 0) is 12.3 Å². The van der Waals surface area contributed by atoms with E-state index in [2.05, 4.69) is 12.2 Å². The summed E-state index contributed by atoms with van der Waals surface area (Å²) in [5, 5.41) is 3.85. The van der Waals surface area contributed by atoms with Crippen molar-refractivity contribution in [1.29, 1.82) is 0 Å². The van der Waals surface area contributed by atoms with E-state index in [0.717, 1.165) is 25.1 Å². The van der Waals surface area contributed by atoms with Gasteiger partial charge >= 0.3 is 5.97 Å². The van der Waals surface area contributed by atoms with Gasteiger partial charge in [0.15, 0.2) is 0 Å². The van der Waals surface area contributed by atoms with Crippen molar-refractivity contribution in [2.75, 3.05) is 24.7 Å². The van der Waals surface area contributed by atoms with E-state index >= 15 is 0 Å². The average molecular weight is 240 g/mol. The summed E-state index contributed by atoms with van der Waals surface area (Å²) in [7, 11) is 1.38. The Kier molecular flexibility index (Phi) is 3.05. The first kappa shape index (κ1) is 11.3. The lowest BCUT2D eigenvalue weighted by molar-refractivity contribution is 0.0603. The highest BCUT2D eigenvalue weighted by molar-refractivity contribution is 7.17. The Morgan fingerprint density at radius 1 is 1.69 bits per heavy atom. The van der Waals surface area contributed by atoms with Crippen molar-refractivity contribution in [2.45, 2.75) is 19.8 Å². The summed E-state index contributed by atoms with van der Waals surface area (Å²) in [5.74, 6) is 0.286. The second-order valence-electron chi connectivity index (χ2n) is 3.99. The van der Waals surface area contributed by atoms with Crippen molar-refractivity contribution in [1.82, 2.24) is 0 Å². The molecule has 2 heterocycles. The molecule has 1 aromatic rings. The van der Waals surface area contributed by atoms with Gasteiger partial charge in [-0.2, -0.15) is 0 Å². The zero-order valence-corrected chi connectivity index (χ0v) is 10.3. The Bertz CT molecular complexity index is 414. The van der Waals surface area contributed by atoms with Gasteiger partial charge in [-0.15, -0.1) is 11.3 Å². The SMILES string of the molecule is CCC1CNc2c(sc(N)c2C(=O)OC)C1. The van der Waals surface area contributed by atoms with Crippen molar-refractivity contribution in [3.05, 3.63) is 10.4 Å². The maximum atomic E-state index is 11.6. The van der Waals surface area contributed by atoms with Crippen molar-refractivity contribution < 1.29 is 9.53 Å². The molecule has 1 aliphatic rings. The van der Waals surface area contributed by atoms with Crippen molar-refractivity contribution in [3.63, 3.8) is 0 Å². The molecule has 1 atom stereocenters. The van der Waals surface area contributed by atoms with Crippen LogP contribution < -0.4 is 11.1 Å². The molecule has 2 rings (SSSR count). The third kappa shape index (κ3) is 1.75. The third-order valence-electron chi connectivity index (χ3n) is 3.02. The van der Waals surface area contributed by atoms with Crippen molar-refractivity contribution >= 4 is 28.0 Å². The molecule has 0 aliphatic carbocycles. The van der Waals surface area contributed by atoms with E-state index in [-0.39, 0.29) is 5.97 Å². The number of hydrogen-bond donors (Lipinski definition) is 2. The Hall–Kier alpha value is -1.23. The van der Waals surface area contributed by atoms with Gasteiger partial charge in [-0.1, -0.05) is 13.3 Å². The van der Waals surface area contributed by atoms with Crippen molar-refractivity contribution in [2.24, 2.45) is 5.92 Å². The number of anilines is 2. The number of ether oxygens (including phenoxy) is 1. The molecule has 4 nitrogen and oxygen atoms in total. The first-order valence-corrected chi connectivity index (χ1v) is 6.22. The maximum absolute atomic E-state index is 11.6. The van der Waals surface area contributed by atoms with Crippen LogP contribution in [-0.4, -0.2) is 19.6 Å². The largest absolute Gasteiger partial charge is 0.465 e. The third-order valence-corrected chi connectivity index (χ3v) is 4.06. The van der Waals surface area contributed by atoms with Crippen molar-refractivity contribution in [3.8, 4) is 0 Å². The molecule has 0 radical (unpaired) electrons. The quantitative estimate of drug-likeness (QED) is 0.777. The zero-order chi connectivity index (χ0) is 11.7. The lowest BCUT2D eigenvalue weighted by Crippen LogP contribution is -2.22. The fourth-order valence-corrected chi connectivity index (χ4v) is 3.15. The molecule has 88 valence electrons. The molecule has 0 saturated heterocycles. The second-order valence-corrected chi connectivity index (χ2v) is 5.13. The van der Waals surface area contributed by atoms with Gasteiger partial charge in [-0.3, -0.25) is 0 Å². The minimum atomic E-state index is -0.350. The number of rotatable bonds is 2. The molecule has 0 aromatic carbocycles. The monoisotopic (exact) mass is 240 g/mol. The fraction of sp³-hybridized carbons (Fsp3) is 0.545. The number of esters is 1. The van der Waals surface area contributed by atoms with Gasteiger partial charge in [0, 0.05) is 11.4 Å². The van der Waals surface area contributed by atoms with Gasteiger partial charge < -0.3 is 15.8 Å². The summed E-state index contributed by atoms with van der Waals surface area (Å²) in [5.41, 5.74) is 7.26. The highest BCUT2D eigenvalue weighted by atomic mass is 32.1. The van der Waals surface area contributed by atoms with Crippen LogP contribution in [0.15, 0.2) is 0 Å². The molecule has 3 N–H and O–H groups in total. The van der Waals surface area contributed by atoms with Crippen LogP contribution in [0.5, 0.6) is 0 Å². The summed E-state index contributed by atoms with van der Waals surface area (Å²) >= 11 is 1.49. The minimum Gasteiger partial charge on any atom is -0.465 e. The number of hydrogen-bond acceptors (Lipinski definition) is 5. The van der Waals surface area contributed by atoms with E-state index in [1.165, 1.54) is 23.3 Å². The standard InChI is InChI=1S/C11H16N2O2S/c1-3-6-4-7-9(13-5-6)8(10(12)16-7)11(14)15-2/h6,13H,3-5,12H2,1-2H3. The van der Waals surface area contributed by atoms with E-state index in [4.69, 9.17) is 10.5 Å². The number of fused-ring (bicyclic) bond motifs is 1. The maximum Gasteiger partial charge on any atom is 0.342 e. The number of nitrogens with one attached hydrogen (secondary N) is 1.